The second-order valence-electron chi connectivity index (χ2n) is 5.06. The van der Waals surface area contributed by atoms with Gasteiger partial charge in [0.05, 0.1) is 17.4 Å². The van der Waals surface area contributed by atoms with Gasteiger partial charge in [-0.2, -0.15) is 0 Å². The maximum Gasteiger partial charge on any atom is 0.142 e. The summed E-state index contributed by atoms with van der Waals surface area (Å²) in [4.78, 5) is 10.1. The minimum absolute atomic E-state index is 0.308. The first-order valence-corrected chi connectivity index (χ1v) is 7.14. The van der Waals surface area contributed by atoms with Crippen molar-refractivity contribution in [3.63, 3.8) is 0 Å². The molecule has 6 heteroatoms. The van der Waals surface area contributed by atoms with Crippen LogP contribution < -0.4 is 9.64 Å². The number of aromatic nitrogens is 2. The van der Waals surface area contributed by atoms with Gasteiger partial charge in [0.1, 0.15) is 36.1 Å². The number of ether oxygens (including phenoxy) is 1. The number of hydrogen-bond acceptors (Lipinski definition) is 4. The lowest BCUT2D eigenvalue weighted by Crippen LogP contribution is -2.25. The Hall–Kier alpha value is -2.76. The Labute approximate surface area is 132 Å². The Morgan fingerprint density at radius 3 is 2.61 bits per heavy atom. The van der Waals surface area contributed by atoms with Crippen LogP contribution in [0, 0.1) is 11.6 Å². The van der Waals surface area contributed by atoms with Crippen molar-refractivity contribution in [3.05, 3.63) is 60.4 Å². The van der Waals surface area contributed by atoms with Crippen LogP contribution in [0.5, 0.6) is 5.75 Å². The molecule has 0 spiro atoms. The Morgan fingerprint density at radius 1 is 1.04 bits per heavy atom. The van der Waals surface area contributed by atoms with E-state index in [1.54, 1.807) is 29.2 Å². The topological polar surface area (TPSA) is 38.2 Å². The predicted molar refractivity (Wildman–Crippen MR) is 84.7 cm³/mol. The third-order valence-electron chi connectivity index (χ3n) is 3.46. The van der Waals surface area contributed by atoms with E-state index in [-0.39, 0.29) is 11.6 Å². The number of anilines is 1. The van der Waals surface area contributed by atoms with Gasteiger partial charge in [-0.25, -0.2) is 18.7 Å². The number of likely N-dealkylation sites (N-methyl/N-ethyl adjacent to an activating group) is 1. The zero-order valence-corrected chi connectivity index (χ0v) is 12.5. The zero-order valence-electron chi connectivity index (χ0n) is 12.5. The number of rotatable bonds is 5. The quantitative estimate of drug-likeness (QED) is 0.723. The van der Waals surface area contributed by atoms with Crippen molar-refractivity contribution < 1.29 is 13.5 Å². The van der Waals surface area contributed by atoms with Crippen molar-refractivity contribution in [2.75, 3.05) is 25.1 Å². The minimum Gasteiger partial charge on any atom is -0.492 e. The second kappa shape index (κ2) is 6.56. The molecule has 0 aliphatic rings. The third kappa shape index (κ3) is 3.36. The van der Waals surface area contributed by atoms with Crippen molar-refractivity contribution in [1.29, 1.82) is 0 Å². The van der Waals surface area contributed by atoms with Gasteiger partial charge in [-0.05, 0) is 36.4 Å². The van der Waals surface area contributed by atoms with E-state index in [1.165, 1.54) is 24.5 Å². The SMILES string of the molecule is CN(CCOc1ccc(F)cc1)c1ncnc2cccc(F)c12. The average molecular weight is 315 g/mol. The summed E-state index contributed by atoms with van der Waals surface area (Å²) >= 11 is 0. The fraction of sp³-hybridized carbons (Fsp3) is 0.176. The van der Waals surface area contributed by atoms with E-state index in [9.17, 15) is 8.78 Å². The van der Waals surface area contributed by atoms with Crippen molar-refractivity contribution in [2.24, 2.45) is 0 Å². The molecule has 0 amide bonds. The maximum atomic E-state index is 14.1. The van der Waals surface area contributed by atoms with Crippen LogP contribution in [0.1, 0.15) is 0 Å². The van der Waals surface area contributed by atoms with E-state index < -0.39 is 0 Å². The molecule has 0 fully saturated rings. The van der Waals surface area contributed by atoms with Gasteiger partial charge in [0, 0.05) is 7.05 Å². The Kier molecular flexibility index (Phi) is 4.32. The van der Waals surface area contributed by atoms with E-state index in [0.717, 1.165) is 0 Å². The van der Waals surface area contributed by atoms with E-state index in [1.807, 2.05) is 7.05 Å². The van der Waals surface area contributed by atoms with Gasteiger partial charge in [-0.3, -0.25) is 0 Å². The van der Waals surface area contributed by atoms with Gasteiger partial charge in [-0.1, -0.05) is 6.07 Å². The smallest absolute Gasteiger partial charge is 0.142 e. The lowest BCUT2D eigenvalue weighted by molar-refractivity contribution is 0.325. The van der Waals surface area contributed by atoms with Crippen molar-refractivity contribution in [3.8, 4) is 5.75 Å². The molecule has 0 saturated carbocycles. The molecule has 0 radical (unpaired) electrons. The predicted octanol–water partition coefficient (Wildman–Crippen LogP) is 3.42. The maximum absolute atomic E-state index is 14.1. The molecule has 0 saturated heterocycles. The number of halogens is 2. The summed E-state index contributed by atoms with van der Waals surface area (Å²) in [5.74, 6) is 0.427. The van der Waals surface area contributed by atoms with Crippen LogP contribution in [0.2, 0.25) is 0 Å². The van der Waals surface area contributed by atoms with Crippen molar-refractivity contribution in [1.82, 2.24) is 9.97 Å². The minimum atomic E-state index is -0.357. The molecule has 0 N–H and O–H groups in total. The molecular formula is C17H15F2N3O. The molecule has 3 rings (SSSR count). The third-order valence-corrected chi connectivity index (χ3v) is 3.46. The first-order valence-electron chi connectivity index (χ1n) is 7.14. The number of hydrogen-bond donors (Lipinski definition) is 0. The summed E-state index contributed by atoms with van der Waals surface area (Å²) < 4.78 is 32.4. The Morgan fingerprint density at radius 2 is 1.83 bits per heavy atom. The molecule has 0 aliphatic heterocycles. The molecule has 3 aromatic rings. The highest BCUT2D eigenvalue weighted by molar-refractivity contribution is 5.89. The summed E-state index contributed by atoms with van der Waals surface area (Å²) in [5, 5.41) is 0.388. The first-order chi connectivity index (χ1) is 11.1. The van der Waals surface area contributed by atoms with Crippen LogP contribution in [0.3, 0.4) is 0 Å². The van der Waals surface area contributed by atoms with Crippen LogP contribution in [0.4, 0.5) is 14.6 Å². The highest BCUT2D eigenvalue weighted by atomic mass is 19.1. The number of nitrogens with zero attached hydrogens (tertiary/aromatic N) is 3. The lowest BCUT2D eigenvalue weighted by atomic mass is 10.2. The lowest BCUT2D eigenvalue weighted by Gasteiger charge is -2.20. The highest BCUT2D eigenvalue weighted by Gasteiger charge is 2.12. The van der Waals surface area contributed by atoms with Gasteiger partial charge < -0.3 is 9.64 Å². The normalized spacial score (nSPS) is 10.7. The van der Waals surface area contributed by atoms with Crippen LogP contribution in [-0.2, 0) is 0 Å². The van der Waals surface area contributed by atoms with Crippen LogP contribution in [-0.4, -0.2) is 30.2 Å². The first kappa shape index (κ1) is 15.1. The zero-order chi connectivity index (χ0) is 16.2. The average Bonchev–Trinajstić information content (AvgIpc) is 2.56. The number of benzene rings is 2. The van der Waals surface area contributed by atoms with Crippen LogP contribution in [0.25, 0.3) is 10.9 Å². The second-order valence-corrected chi connectivity index (χ2v) is 5.06. The summed E-state index contributed by atoms with van der Waals surface area (Å²) in [6.07, 6.45) is 1.41. The number of fused-ring (bicyclic) bond motifs is 1. The largest absolute Gasteiger partial charge is 0.492 e. The van der Waals surface area contributed by atoms with Crippen LogP contribution in [0.15, 0.2) is 48.8 Å². The van der Waals surface area contributed by atoms with E-state index in [4.69, 9.17) is 4.74 Å². The molecule has 0 atom stereocenters. The monoisotopic (exact) mass is 315 g/mol. The van der Waals surface area contributed by atoms with Crippen LogP contribution >= 0.6 is 0 Å². The van der Waals surface area contributed by atoms with Gasteiger partial charge in [0.15, 0.2) is 0 Å². The summed E-state index contributed by atoms with van der Waals surface area (Å²) in [5.41, 5.74) is 0.557. The van der Waals surface area contributed by atoms with Gasteiger partial charge in [0.25, 0.3) is 0 Å². The fourth-order valence-electron chi connectivity index (χ4n) is 2.28. The fourth-order valence-corrected chi connectivity index (χ4v) is 2.28. The van der Waals surface area contributed by atoms with Gasteiger partial charge in [-0.15, -0.1) is 0 Å². The van der Waals surface area contributed by atoms with E-state index in [2.05, 4.69) is 9.97 Å². The molecule has 0 unspecified atom stereocenters. The Bertz CT molecular complexity index is 803. The summed E-state index contributed by atoms with van der Waals surface area (Å²) in [6.45, 7) is 0.861. The molecule has 0 aliphatic carbocycles. The molecule has 1 aromatic heterocycles. The standard InChI is InChI=1S/C17H15F2N3O/c1-22(9-10-23-13-7-5-12(18)6-8-13)17-16-14(19)3-2-4-15(16)20-11-21-17/h2-8,11H,9-10H2,1H3. The van der Waals surface area contributed by atoms with Crippen molar-refractivity contribution in [2.45, 2.75) is 0 Å². The van der Waals surface area contributed by atoms with Crippen molar-refractivity contribution >= 4 is 16.7 Å². The highest BCUT2D eigenvalue weighted by Crippen LogP contribution is 2.24. The molecule has 4 nitrogen and oxygen atoms in total. The van der Waals surface area contributed by atoms with E-state index >= 15 is 0 Å². The summed E-state index contributed by atoms with van der Waals surface area (Å²) in [7, 11) is 1.81. The van der Waals surface area contributed by atoms with Gasteiger partial charge in [0.2, 0.25) is 0 Å². The summed E-state index contributed by atoms with van der Waals surface area (Å²) in [6, 6.07) is 10.6. The molecule has 23 heavy (non-hydrogen) atoms. The molecule has 2 aromatic carbocycles. The van der Waals surface area contributed by atoms with E-state index in [0.29, 0.717) is 35.6 Å². The molecule has 118 valence electrons. The Balaban J connectivity index is 1.71. The van der Waals surface area contributed by atoms with Gasteiger partial charge >= 0.3 is 0 Å². The molecule has 1 heterocycles. The molecule has 0 bridgehead atoms. The molecular weight excluding hydrogens is 300 g/mol.